The van der Waals surface area contributed by atoms with Gasteiger partial charge in [-0.1, -0.05) is 12.1 Å². The summed E-state index contributed by atoms with van der Waals surface area (Å²) < 4.78 is 27.3. The summed E-state index contributed by atoms with van der Waals surface area (Å²) in [4.78, 5) is 21.3. The monoisotopic (exact) mass is 447 g/mol. The van der Waals surface area contributed by atoms with E-state index >= 15 is 0 Å². The first-order valence-corrected chi connectivity index (χ1v) is 11.5. The lowest BCUT2D eigenvalue weighted by molar-refractivity contribution is -0.120. The van der Waals surface area contributed by atoms with Gasteiger partial charge >= 0.3 is 0 Å². The van der Waals surface area contributed by atoms with Gasteiger partial charge in [0.2, 0.25) is 15.9 Å². The summed E-state index contributed by atoms with van der Waals surface area (Å²) in [7, 11) is 1.38. The van der Waals surface area contributed by atoms with Crippen LogP contribution in [0.4, 0.5) is 5.69 Å². The van der Waals surface area contributed by atoms with Gasteiger partial charge in [0.05, 0.1) is 23.3 Å². The number of sulfonamides is 1. The number of anilines is 1. The maximum Gasteiger partial charge on any atom is 0.246 e. The minimum absolute atomic E-state index is 0.0110. The van der Waals surface area contributed by atoms with Crippen LogP contribution in [0.3, 0.4) is 0 Å². The molecule has 1 aromatic carbocycles. The number of hydrogen-bond acceptors (Lipinski definition) is 5. The minimum atomic E-state index is -3.45. The smallest absolute Gasteiger partial charge is 0.246 e. The predicted octanol–water partition coefficient (Wildman–Crippen LogP) is 0.485. The van der Waals surface area contributed by atoms with Crippen LogP contribution in [0.5, 0.6) is 0 Å². The average molecular weight is 448 g/mol. The summed E-state index contributed by atoms with van der Waals surface area (Å²) in [5.74, 6) is 0.648. The van der Waals surface area contributed by atoms with E-state index in [2.05, 4.69) is 15.4 Å². The lowest BCUT2D eigenvalue weighted by Gasteiger charge is -2.35. The zero-order valence-electron chi connectivity index (χ0n) is 18.3. The van der Waals surface area contributed by atoms with Gasteiger partial charge in [-0.15, -0.1) is 0 Å². The highest BCUT2D eigenvalue weighted by molar-refractivity contribution is 7.89. The van der Waals surface area contributed by atoms with Crippen LogP contribution >= 0.6 is 0 Å². The molecule has 11 heteroatoms. The van der Waals surface area contributed by atoms with E-state index in [1.807, 2.05) is 25.1 Å². The molecule has 1 aliphatic rings. The summed E-state index contributed by atoms with van der Waals surface area (Å²) in [6.07, 6.45) is 3.51. The Bertz CT molecular complexity index is 1040. The van der Waals surface area contributed by atoms with Crippen molar-refractivity contribution < 1.29 is 13.2 Å². The molecule has 2 aromatic rings. The number of aryl methyl sites for hydroxylation is 1. The van der Waals surface area contributed by atoms with Gasteiger partial charge in [-0.2, -0.15) is 5.10 Å². The topological polar surface area (TPSA) is 103 Å². The summed E-state index contributed by atoms with van der Waals surface area (Å²) >= 11 is 0. The zero-order chi connectivity index (χ0) is 22.6. The van der Waals surface area contributed by atoms with Crippen molar-refractivity contribution in [2.24, 2.45) is 12.0 Å². The van der Waals surface area contributed by atoms with E-state index in [0.29, 0.717) is 32.1 Å². The normalized spacial score (nSPS) is 15.6. The van der Waals surface area contributed by atoms with Crippen LogP contribution in [0.25, 0.3) is 0 Å². The molecule has 31 heavy (non-hydrogen) atoms. The molecule has 0 unspecified atom stereocenters. The molecule has 10 nitrogen and oxygen atoms in total. The summed E-state index contributed by atoms with van der Waals surface area (Å²) in [6.45, 7) is 4.45. The highest BCUT2D eigenvalue weighted by Crippen LogP contribution is 2.17. The van der Waals surface area contributed by atoms with Crippen molar-refractivity contribution in [3.63, 3.8) is 0 Å². The number of nitrogens with one attached hydrogen (secondary N) is 1. The van der Waals surface area contributed by atoms with Crippen LogP contribution in [0.15, 0.2) is 46.5 Å². The quantitative estimate of drug-likeness (QED) is 0.511. The molecule has 0 aliphatic carbocycles. The third-order valence-electron chi connectivity index (χ3n) is 4.97. The molecule has 168 valence electrons. The Hall–Kier alpha value is -2.92. The SMILES string of the molecule is CCNC(=NCc1ccc(S(=O)(=O)N(C)C)cc1)N1CCN(c2cnn(C)c2)C(=O)C1. The van der Waals surface area contributed by atoms with E-state index in [1.54, 1.807) is 40.0 Å². The van der Waals surface area contributed by atoms with Crippen LogP contribution in [-0.4, -0.2) is 79.5 Å². The lowest BCUT2D eigenvalue weighted by atomic mass is 10.2. The molecular weight excluding hydrogens is 418 g/mol. The van der Waals surface area contributed by atoms with E-state index in [1.165, 1.54) is 18.4 Å². The number of amides is 1. The molecule has 1 saturated heterocycles. The van der Waals surface area contributed by atoms with Crippen molar-refractivity contribution in [3.05, 3.63) is 42.2 Å². The first-order valence-electron chi connectivity index (χ1n) is 10.1. The first-order chi connectivity index (χ1) is 14.7. The number of hydrogen-bond donors (Lipinski definition) is 1. The average Bonchev–Trinajstić information content (AvgIpc) is 3.17. The second kappa shape index (κ2) is 9.48. The van der Waals surface area contributed by atoms with Gasteiger partial charge in [0.25, 0.3) is 0 Å². The minimum Gasteiger partial charge on any atom is -0.356 e. The molecule has 1 aliphatic heterocycles. The summed E-state index contributed by atoms with van der Waals surface area (Å²) in [6, 6.07) is 6.69. The molecule has 1 N–H and O–H groups in total. The van der Waals surface area contributed by atoms with Crippen LogP contribution in [0.1, 0.15) is 12.5 Å². The molecule has 0 spiro atoms. The molecule has 1 amide bonds. The number of guanidine groups is 1. The van der Waals surface area contributed by atoms with Crippen molar-refractivity contribution in [1.29, 1.82) is 0 Å². The number of aromatic nitrogens is 2. The predicted molar refractivity (Wildman–Crippen MR) is 119 cm³/mol. The Labute approximate surface area is 183 Å². The number of piperazine rings is 1. The van der Waals surface area contributed by atoms with Gasteiger partial charge < -0.3 is 15.1 Å². The van der Waals surface area contributed by atoms with E-state index in [9.17, 15) is 13.2 Å². The number of carbonyl (C=O) groups is 1. The third-order valence-corrected chi connectivity index (χ3v) is 6.80. The van der Waals surface area contributed by atoms with Gasteiger partial charge in [0.15, 0.2) is 5.96 Å². The fraction of sp³-hybridized carbons (Fsp3) is 0.450. The Balaban J connectivity index is 1.69. The van der Waals surface area contributed by atoms with Crippen molar-refractivity contribution >= 4 is 27.6 Å². The molecule has 0 saturated carbocycles. The van der Waals surface area contributed by atoms with E-state index in [-0.39, 0.29) is 17.3 Å². The van der Waals surface area contributed by atoms with Crippen molar-refractivity contribution in [1.82, 2.24) is 24.3 Å². The Morgan fingerprint density at radius 2 is 1.94 bits per heavy atom. The molecule has 0 radical (unpaired) electrons. The molecule has 2 heterocycles. The number of nitrogens with zero attached hydrogens (tertiary/aromatic N) is 6. The molecular formula is C20H29N7O3S. The third kappa shape index (κ3) is 5.23. The summed E-state index contributed by atoms with van der Waals surface area (Å²) in [5.41, 5.74) is 1.68. The van der Waals surface area contributed by atoms with Crippen LogP contribution in [0.2, 0.25) is 0 Å². The molecule has 0 atom stereocenters. The Kier molecular flexibility index (Phi) is 6.96. The second-order valence-electron chi connectivity index (χ2n) is 7.44. The lowest BCUT2D eigenvalue weighted by Crippen LogP contribution is -2.55. The van der Waals surface area contributed by atoms with Crippen molar-refractivity contribution in [2.75, 3.05) is 45.2 Å². The maximum absolute atomic E-state index is 12.7. The van der Waals surface area contributed by atoms with E-state index < -0.39 is 10.0 Å². The first kappa shape index (κ1) is 22.8. The van der Waals surface area contributed by atoms with Gasteiger partial charge in [-0.05, 0) is 24.6 Å². The van der Waals surface area contributed by atoms with Gasteiger partial charge in [0.1, 0.15) is 6.54 Å². The molecule has 0 bridgehead atoms. The van der Waals surface area contributed by atoms with Gasteiger partial charge in [-0.25, -0.2) is 17.7 Å². The van der Waals surface area contributed by atoms with E-state index in [4.69, 9.17) is 0 Å². The fourth-order valence-electron chi connectivity index (χ4n) is 3.24. The fourth-order valence-corrected chi connectivity index (χ4v) is 4.15. The van der Waals surface area contributed by atoms with Crippen LogP contribution < -0.4 is 10.2 Å². The highest BCUT2D eigenvalue weighted by atomic mass is 32.2. The standard InChI is InChI=1S/C20H29N7O3S/c1-5-21-20(22-12-16-6-8-18(9-7-16)31(29,30)24(2)3)26-10-11-27(19(28)15-26)17-13-23-25(4)14-17/h6-9,13-14H,5,10-12,15H2,1-4H3,(H,21,22). The highest BCUT2D eigenvalue weighted by Gasteiger charge is 2.27. The van der Waals surface area contributed by atoms with Crippen LogP contribution in [-0.2, 0) is 28.4 Å². The number of benzene rings is 1. The largest absolute Gasteiger partial charge is 0.356 e. The molecule has 1 fully saturated rings. The summed E-state index contributed by atoms with van der Waals surface area (Å²) in [5, 5.41) is 7.38. The number of carbonyl (C=O) groups excluding carboxylic acids is 1. The van der Waals surface area contributed by atoms with Gasteiger partial charge in [-0.3, -0.25) is 9.48 Å². The molecule has 1 aromatic heterocycles. The maximum atomic E-state index is 12.7. The Morgan fingerprint density at radius 3 is 2.48 bits per heavy atom. The van der Waals surface area contributed by atoms with E-state index in [0.717, 1.165) is 11.3 Å². The number of aliphatic imine (C=N–C) groups is 1. The van der Waals surface area contributed by atoms with Crippen LogP contribution in [0, 0.1) is 0 Å². The molecule has 3 rings (SSSR count). The Morgan fingerprint density at radius 1 is 1.23 bits per heavy atom. The van der Waals surface area contributed by atoms with Gasteiger partial charge in [0, 0.05) is 47.0 Å². The zero-order valence-corrected chi connectivity index (χ0v) is 19.1. The van der Waals surface area contributed by atoms with Crippen molar-refractivity contribution in [2.45, 2.75) is 18.4 Å². The number of rotatable bonds is 6. The van der Waals surface area contributed by atoms with Crippen molar-refractivity contribution in [3.8, 4) is 0 Å². The second-order valence-corrected chi connectivity index (χ2v) is 9.59.